The van der Waals surface area contributed by atoms with E-state index in [2.05, 4.69) is 4.98 Å². The van der Waals surface area contributed by atoms with E-state index in [1.165, 1.54) is 23.1 Å². The zero-order valence-corrected chi connectivity index (χ0v) is 10.7. The first-order chi connectivity index (χ1) is 7.74. The second-order valence-electron chi connectivity index (χ2n) is 3.24. The first kappa shape index (κ1) is 11.6. The van der Waals surface area contributed by atoms with Gasteiger partial charge in [-0.2, -0.15) is 0 Å². The summed E-state index contributed by atoms with van der Waals surface area (Å²) in [5.74, 6) is 0.799. The molecule has 0 aliphatic rings. The molecule has 2 heterocycles. The van der Waals surface area contributed by atoms with Crippen molar-refractivity contribution in [2.45, 2.75) is 5.16 Å². The van der Waals surface area contributed by atoms with E-state index in [4.69, 9.17) is 4.74 Å². The predicted molar refractivity (Wildman–Crippen MR) is 67.5 cm³/mol. The highest BCUT2D eigenvalue weighted by Crippen LogP contribution is 2.20. The molecule has 0 radical (unpaired) electrons. The molecule has 0 atom stereocenters. The standard InChI is InChI=1S/C10H12N2O2S2/c1-12-9(13)7-3-5-15-8(7)11-10(12)16-6-4-14-2/h3,5H,4,6H2,1-2H3. The number of hydrogen-bond donors (Lipinski definition) is 0. The maximum Gasteiger partial charge on any atom is 0.262 e. The molecule has 2 rings (SSSR count). The molecule has 0 aromatic carbocycles. The Morgan fingerprint density at radius 1 is 1.62 bits per heavy atom. The van der Waals surface area contributed by atoms with Crippen molar-refractivity contribution in [3.05, 3.63) is 21.8 Å². The lowest BCUT2D eigenvalue weighted by atomic mass is 10.4. The molecular weight excluding hydrogens is 244 g/mol. The molecule has 6 heteroatoms. The Kier molecular flexibility index (Phi) is 3.63. The summed E-state index contributed by atoms with van der Waals surface area (Å²) in [6, 6.07) is 1.82. The molecule has 2 aromatic rings. The molecule has 0 bridgehead atoms. The fourth-order valence-corrected chi connectivity index (χ4v) is 3.00. The van der Waals surface area contributed by atoms with E-state index in [1.807, 2.05) is 11.4 Å². The monoisotopic (exact) mass is 256 g/mol. The van der Waals surface area contributed by atoms with Gasteiger partial charge in [-0.05, 0) is 11.4 Å². The summed E-state index contributed by atoms with van der Waals surface area (Å²) in [7, 11) is 3.41. The van der Waals surface area contributed by atoms with E-state index in [9.17, 15) is 4.79 Å². The smallest absolute Gasteiger partial charge is 0.262 e. The van der Waals surface area contributed by atoms with Crippen molar-refractivity contribution in [2.75, 3.05) is 19.5 Å². The molecule has 0 saturated heterocycles. The summed E-state index contributed by atoms with van der Waals surface area (Å²) >= 11 is 3.03. The molecule has 16 heavy (non-hydrogen) atoms. The average Bonchev–Trinajstić information content (AvgIpc) is 2.73. The van der Waals surface area contributed by atoms with Gasteiger partial charge in [0.15, 0.2) is 5.16 Å². The minimum atomic E-state index is 0.0196. The third-order valence-corrected chi connectivity index (χ3v) is 3.98. The molecule has 0 N–H and O–H groups in total. The first-order valence-corrected chi connectivity index (χ1v) is 6.66. The number of aromatic nitrogens is 2. The van der Waals surface area contributed by atoms with Gasteiger partial charge in [0, 0.05) is 19.9 Å². The van der Waals surface area contributed by atoms with Crippen molar-refractivity contribution >= 4 is 33.3 Å². The Hall–Kier alpha value is -0.850. The van der Waals surface area contributed by atoms with Crippen molar-refractivity contribution in [3.8, 4) is 0 Å². The fraction of sp³-hybridized carbons (Fsp3) is 0.400. The first-order valence-electron chi connectivity index (χ1n) is 4.80. The Labute approximate surface area is 101 Å². The van der Waals surface area contributed by atoms with Gasteiger partial charge >= 0.3 is 0 Å². The molecular formula is C10H12N2O2S2. The topological polar surface area (TPSA) is 44.1 Å². The van der Waals surface area contributed by atoms with Crippen LogP contribution in [0.3, 0.4) is 0 Å². The van der Waals surface area contributed by atoms with Crippen LogP contribution in [0.2, 0.25) is 0 Å². The van der Waals surface area contributed by atoms with Crippen molar-refractivity contribution < 1.29 is 4.74 Å². The van der Waals surface area contributed by atoms with Crippen LogP contribution in [-0.4, -0.2) is 29.0 Å². The second kappa shape index (κ2) is 4.99. The SMILES string of the molecule is COCCSc1nc2sccc2c(=O)n1C. The zero-order chi connectivity index (χ0) is 11.5. The van der Waals surface area contributed by atoms with Gasteiger partial charge in [0.05, 0.1) is 12.0 Å². The lowest BCUT2D eigenvalue weighted by Crippen LogP contribution is -2.19. The summed E-state index contributed by atoms with van der Waals surface area (Å²) < 4.78 is 6.57. The quantitative estimate of drug-likeness (QED) is 0.475. The molecule has 4 nitrogen and oxygen atoms in total. The molecule has 86 valence electrons. The lowest BCUT2D eigenvalue weighted by molar-refractivity contribution is 0.218. The van der Waals surface area contributed by atoms with E-state index < -0.39 is 0 Å². The summed E-state index contributed by atoms with van der Waals surface area (Å²) in [5.41, 5.74) is 0.0196. The van der Waals surface area contributed by atoms with Gasteiger partial charge in [0.2, 0.25) is 0 Å². The summed E-state index contributed by atoms with van der Waals surface area (Å²) in [5, 5.41) is 3.34. The Bertz CT molecular complexity index is 547. The third kappa shape index (κ3) is 2.14. The van der Waals surface area contributed by atoms with E-state index in [1.54, 1.807) is 18.7 Å². The minimum absolute atomic E-state index is 0.0196. The number of hydrogen-bond acceptors (Lipinski definition) is 5. The van der Waals surface area contributed by atoms with Gasteiger partial charge in [-0.25, -0.2) is 4.98 Å². The number of methoxy groups -OCH3 is 1. The Balaban J connectivity index is 2.37. The maximum absolute atomic E-state index is 11.9. The normalized spacial score (nSPS) is 11.1. The van der Waals surface area contributed by atoms with Gasteiger partial charge in [-0.1, -0.05) is 11.8 Å². The Morgan fingerprint density at radius 2 is 2.44 bits per heavy atom. The van der Waals surface area contributed by atoms with E-state index in [0.29, 0.717) is 12.0 Å². The molecule has 2 aromatic heterocycles. The van der Waals surface area contributed by atoms with Gasteiger partial charge < -0.3 is 4.74 Å². The zero-order valence-electron chi connectivity index (χ0n) is 9.10. The van der Waals surface area contributed by atoms with E-state index >= 15 is 0 Å². The van der Waals surface area contributed by atoms with Gasteiger partial charge in [0.1, 0.15) is 4.83 Å². The number of thiophene rings is 1. The second-order valence-corrected chi connectivity index (χ2v) is 5.20. The van der Waals surface area contributed by atoms with Gasteiger partial charge in [-0.15, -0.1) is 11.3 Å². The molecule has 0 amide bonds. The van der Waals surface area contributed by atoms with Crippen LogP contribution >= 0.6 is 23.1 Å². The Morgan fingerprint density at radius 3 is 3.19 bits per heavy atom. The number of rotatable bonds is 4. The van der Waals surface area contributed by atoms with Crippen LogP contribution in [0.25, 0.3) is 10.2 Å². The number of thioether (sulfide) groups is 1. The van der Waals surface area contributed by atoms with E-state index in [-0.39, 0.29) is 5.56 Å². The maximum atomic E-state index is 11.9. The summed E-state index contributed by atoms with van der Waals surface area (Å²) in [6.45, 7) is 0.656. The highest BCUT2D eigenvalue weighted by atomic mass is 32.2. The highest BCUT2D eigenvalue weighted by Gasteiger charge is 2.08. The van der Waals surface area contributed by atoms with Crippen molar-refractivity contribution in [3.63, 3.8) is 0 Å². The minimum Gasteiger partial charge on any atom is -0.384 e. The van der Waals surface area contributed by atoms with Gasteiger partial charge in [-0.3, -0.25) is 9.36 Å². The van der Waals surface area contributed by atoms with Crippen LogP contribution in [0.15, 0.2) is 21.4 Å². The molecule has 0 fully saturated rings. The fourth-order valence-electron chi connectivity index (χ4n) is 1.33. The van der Waals surface area contributed by atoms with Gasteiger partial charge in [0.25, 0.3) is 5.56 Å². The van der Waals surface area contributed by atoms with Crippen LogP contribution in [0.1, 0.15) is 0 Å². The number of fused-ring (bicyclic) bond motifs is 1. The van der Waals surface area contributed by atoms with E-state index in [0.717, 1.165) is 15.7 Å². The van der Waals surface area contributed by atoms with Crippen LogP contribution in [0.5, 0.6) is 0 Å². The number of ether oxygens (including phenoxy) is 1. The van der Waals surface area contributed by atoms with Crippen LogP contribution in [0, 0.1) is 0 Å². The molecule has 0 saturated carbocycles. The third-order valence-electron chi connectivity index (χ3n) is 2.18. The summed E-state index contributed by atoms with van der Waals surface area (Å²) in [6.07, 6.45) is 0. The van der Waals surface area contributed by atoms with Crippen molar-refractivity contribution in [1.82, 2.24) is 9.55 Å². The highest BCUT2D eigenvalue weighted by molar-refractivity contribution is 7.99. The average molecular weight is 256 g/mol. The van der Waals surface area contributed by atoms with Crippen LogP contribution in [0.4, 0.5) is 0 Å². The van der Waals surface area contributed by atoms with Crippen LogP contribution in [-0.2, 0) is 11.8 Å². The molecule has 0 aliphatic heterocycles. The molecule has 0 aliphatic carbocycles. The largest absolute Gasteiger partial charge is 0.384 e. The van der Waals surface area contributed by atoms with Crippen LogP contribution < -0.4 is 5.56 Å². The predicted octanol–water partition coefficient (Wildman–Crippen LogP) is 1.73. The molecule has 0 unspecified atom stereocenters. The number of nitrogens with zero attached hydrogens (tertiary/aromatic N) is 2. The van der Waals surface area contributed by atoms with Crippen molar-refractivity contribution in [1.29, 1.82) is 0 Å². The van der Waals surface area contributed by atoms with Crippen molar-refractivity contribution in [2.24, 2.45) is 7.05 Å². The summed E-state index contributed by atoms with van der Waals surface area (Å²) in [4.78, 5) is 17.2. The molecule has 0 spiro atoms. The lowest BCUT2D eigenvalue weighted by Gasteiger charge is -2.06.